The summed E-state index contributed by atoms with van der Waals surface area (Å²) in [6, 6.07) is 4.64. The molecule has 0 spiro atoms. The summed E-state index contributed by atoms with van der Waals surface area (Å²) < 4.78 is 63.7. The number of hydrogen-bond donors (Lipinski definition) is 1. The van der Waals surface area contributed by atoms with Crippen LogP contribution in [0.5, 0.6) is 0 Å². The molecule has 0 aliphatic carbocycles. The Bertz CT molecular complexity index is 765. The first kappa shape index (κ1) is 15.5. The Morgan fingerprint density at radius 1 is 1.19 bits per heavy atom. The van der Waals surface area contributed by atoms with Gasteiger partial charge in [-0.2, -0.15) is 13.2 Å². The number of hydrogen-bond acceptors (Lipinski definition) is 4. The Labute approximate surface area is 122 Å². The quantitative estimate of drug-likeness (QED) is 0.874. The van der Waals surface area contributed by atoms with E-state index >= 15 is 0 Å². The van der Waals surface area contributed by atoms with Crippen LogP contribution in [0.15, 0.2) is 41.4 Å². The van der Waals surface area contributed by atoms with Crippen molar-refractivity contribution in [3.05, 3.63) is 47.2 Å². The number of aromatic nitrogens is 2. The van der Waals surface area contributed by atoms with E-state index in [9.17, 15) is 21.6 Å². The van der Waals surface area contributed by atoms with Crippen LogP contribution in [0.3, 0.4) is 0 Å². The largest absolute Gasteiger partial charge is 0.416 e. The molecule has 1 heterocycles. The first-order chi connectivity index (χ1) is 9.68. The van der Waals surface area contributed by atoms with Crippen molar-refractivity contribution in [3.8, 4) is 0 Å². The van der Waals surface area contributed by atoms with Gasteiger partial charge in [-0.3, -0.25) is 0 Å². The lowest BCUT2D eigenvalue weighted by atomic mass is 10.2. The van der Waals surface area contributed by atoms with Gasteiger partial charge >= 0.3 is 6.18 Å². The van der Waals surface area contributed by atoms with E-state index < -0.39 is 26.7 Å². The average Bonchev–Trinajstić information content (AvgIpc) is 2.37. The van der Waals surface area contributed by atoms with Crippen molar-refractivity contribution >= 4 is 27.6 Å². The minimum Gasteiger partial charge on any atom is -0.247 e. The van der Waals surface area contributed by atoms with E-state index in [0.717, 1.165) is 18.2 Å². The van der Waals surface area contributed by atoms with Crippen molar-refractivity contribution in [1.82, 2.24) is 9.97 Å². The van der Waals surface area contributed by atoms with Gasteiger partial charge in [-0.1, -0.05) is 17.7 Å². The second kappa shape index (κ2) is 5.49. The summed E-state index contributed by atoms with van der Waals surface area (Å²) in [5, 5.41) is -0.00765. The molecular weight excluding hydrogens is 331 g/mol. The summed E-state index contributed by atoms with van der Waals surface area (Å²) in [4.78, 5) is 6.66. The molecule has 1 aromatic heterocycles. The van der Waals surface area contributed by atoms with Crippen LogP contribution in [-0.4, -0.2) is 18.4 Å². The number of halogens is 4. The molecule has 0 atom stereocenters. The predicted octanol–water partition coefficient (Wildman–Crippen LogP) is 2.95. The van der Waals surface area contributed by atoms with Crippen molar-refractivity contribution in [3.63, 3.8) is 0 Å². The predicted molar refractivity (Wildman–Crippen MR) is 69.3 cm³/mol. The fraction of sp³-hybridized carbons (Fsp3) is 0.0909. The topological polar surface area (TPSA) is 72.0 Å². The number of sulfonamides is 1. The second-order valence-electron chi connectivity index (χ2n) is 3.83. The third-order valence-corrected chi connectivity index (χ3v) is 3.86. The molecule has 0 aliphatic rings. The van der Waals surface area contributed by atoms with Crippen LogP contribution in [0, 0.1) is 0 Å². The Kier molecular flexibility index (Phi) is 4.06. The van der Waals surface area contributed by atoms with E-state index in [4.69, 9.17) is 11.6 Å². The number of nitrogens with one attached hydrogen (secondary N) is 1. The highest BCUT2D eigenvalue weighted by atomic mass is 35.5. The molecule has 21 heavy (non-hydrogen) atoms. The summed E-state index contributed by atoms with van der Waals surface area (Å²) in [5.74, 6) is -0.333. The number of benzene rings is 1. The molecule has 0 fully saturated rings. The van der Waals surface area contributed by atoms with E-state index in [1.54, 1.807) is 0 Å². The monoisotopic (exact) mass is 337 g/mol. The highest BCUT2D eigenvalue weighted by Gasteiger charge is 2.31. The van der Waals surface area contributed by atoms with E-state index in [-0.39, 0.29) is 11.1 Å². The van der Waals surface area contributed by atoms with Crippen molar-refractivity contribution in [1.29, 1.82) is 0 Å². The van der Waals surface area contributed by atoms with Crippen molar-refractivity contribution in [2.75, 3.05) is 4.72 Å². The SMILES string of the molecule is O=S(=O)(Nc1nccc(Cl)n1)c1cccc(C(F)(F)F)c1. The first-order valence-electron chi connectivity index (χ1n) is 5.37. The molecule has 2 rings (SSSR count). The Morgan fingerprint density at radius 2 is 1.90 bits per heavy atom. The molecule has 0 unspecified atom stereocenters. The van der Waals surface area contributed by atoms with E-state index in [2.05, 4.69) is 9.97 Å². The molecule has 5 nitrogen and oxygen atoms in total. The van der Waals surface area contributed by atoms with Crippen LogP contribution < -0.4 is 4.72 Å². The van der Waals surface area contributed by atoms with Gasteiger partial charge in [0, 0.05) is 6.20 Å². The molecule has 112 valence electrons. The lowest BCUT2D eigenvalue weighted by molar-refractivity contribution is -0.137. The van der Waals surface area contributed by atoms with Gasteiger partial charge in [0.15, 0.2) is 0 Å². The maximum Gasteiger partial charge on any atom is 0.416 e. The summed E-state index contributed by atoms with van der Waals surface area (Å²) in [6.45, 7) is 0. The molecule has 1 N–H and O–H groups in total. The van der Waals surface area contributed by atoms with Gasteiger partial charge in [-0.25, -0.2) is 23.1 Å². The summed E-state index contributed by atoms with van der Waals surface area (Å²) in [6.07, 6.45) is -3.43. The maximum absolute atomic E-state index is 12.6. The molecular formula is C11H7ClF3N3O2S. The number of rotatable bonds is 3. The van der Waals surface area contributed by atoms with Gasteiger partial charge in [0.1, 0.15) is 5.15 Å². The van der Waals surface area contributed by atoms with Gasteiger partial charge < -0.3 is 0 Å². The van der Waals surface area contributed by atoms with Gasteiger partial charge in [-0.15, -0.1) is 0 Å². The highest BCUT2D eigenvalue weighted by Crippen LogP contribution is 2.30. The molecule has 0 aliphatic heterocycles. The fourth-order valence-electron chi connectivity index (χ4n) is 1.40. The minimum atomic E-state index is -4.64. The van der Waals surface area contributed by atoms with Crippen LogP contribution in [-0.2, 0) is 16.2 Å². The van der Waals surface area contributed by atoms with Crippen molar-refractivity contribution in [2.45, 2.75) is 11.1 Å². The Balaban J connectivity index is 2.36. The minimum absolute atomic E-state index is 0.00765. The zero-order chi connectivity index (χ0) is 15.7. The molecule has 2 aromatic rings. The normalized spacial score (nSPS) is 12.2. The molecule has 0 saturated carbocycles. The van der Waals surface area contributed by atoms with Crippen LogP contribution in [0.1, 0.15) is 5.56 Å². The third-order valence-electron chi connectivity index (χ3n) is 2.32. The van der Waals surface area contributed by atoms with Gasteiger partial charge in [0.25, 0.3) is 10.0 Å². The Hall–Kier alpha value is -1.87. The summed E-state index contributed by atoms with van der Waals surface area (Å²) >= 11 is 5.57. The molecule has 0 amide bonds. The van der Waals surface area contributed by atoms with Crippen molar-refractivity contribution in [2.24, 2.45) is 0 Å². The number of anilines is 1. The maximum atomic E-state index is 12.6. The zero-order valence-corrected chi connectivity index (χ0v) is 11.7. The smallest absolute Gasteiger partial charge is 0.247 e. The van der Waals surface area contributed by atoms with E-state index in [1.165, 1.54) is 12.3 Å². The lowest BCUT2D eigenvalue weighted by Crippen LogP contribution is -2.16. The van der Waals surface area contributed by atoms with Crippen LogP contribution >= 0.6 is 11.6 Å². The molecule has 0 bridgehead atoms. The van der Waals surface area contributed by atoms with Crippen LogP contribution in [0.25, 0.3) is 0 Å². The van der Waals surface area contributed by atoms with Crippen LogP contribution in [0.4, 0.5) is 19.1 Å². The van der Waals surface area contributed by atoms with Gasteiger partial charge in [0.05, 0.1) is 10.5 Å². The standard InChI is InChI=1S/C11H7ClF3N3O2S/c12-9-4-5-16-10(17-9)18-21(19,20)8-3-1-2-7(6-8)11(13,14)15/h1-6H,(H,16,17,18). The molecule has 0 radical (unpaired) electrons. The van der Waals surface area contributed by atoms with Gasteiger partial charge in [-0.05, 0) is 24.3 Å². The van der Waals surface area contributed by atoms with Crippen LogP contribution in [0.2, 0.25) is 5.15 Å². The zero-order valence-electron chi connectivity index (χ0n) is 10.1. The third kappa shape index (κ3) is 3.82. The van der Waals surface area contributed by atoms with Gasteiger partial charge in [0.2, 0.25) is 5.95 Å². The van der Waals surface area contributed by atoms with E-state index in [0.29, 0.717) is 6.07 Å². The summed E-state index contributed by atoms with van der Waals surface area (Å²) in [7, 11) is -4.25. The first-order valence-corrected chi connectivity index (χ1v) is 7.23. The molecule has 1 aromatic carbocycles. The number of nitrogens with zero attached hydrogens (tertiary/aromatic N) is 2. The second-order valence-corrected chi connectivity index (χ2v) is 5.90. The highest BCUT2D eigenvalue weighted by molar-refractivity contribution is 7.92. The number of alkyl halides is 3. The van der Waals surface area contributed by atoms with E-state index in [1.807, 2.05) is 4.72 Å². The molecule has 10 heteroatoms. The average molecular weight is 338 g/mol. The lowest BCUT2D eigenvalue weighted by Gasteiger charge is -2.10. The van der Waals surface area contributed by atoms with Crippen molar-refractivity contribution < 1.29 is 21.6 Å². The fourth-order valence-corrected chi connectivity index (χ4v) is 2.54. The molecule has 0 saturated heterocycles. The summed E-state index contributed by atoms with van der Waals surface area (Å²) in [5.41, 5.74) is -1.07. The Morgan fingerprint density at radius 3 is 2.52 bits per heavy atom.